The van der Waals surface area contributed by atoms with E-state index in [2.05, 4.69) is 47.5 Å². The van der Waals surface area contributed by atoms with Gasteiger partial charge in [0.05, 0.1) is 23.1 Å². The Labute approximate surface area is 197 Å². The predicted molar refractivity (Wildman–Crippen MR) is 130 cm³/mol. The highest BCUT2D eigenvalue weighted by molar-refractivity contribution is 5.92. The minimum Gasteiger partial charge on any atom is -0.269 e. The van der Waals surface area contributed by atoms with Gasteiger partial charge in [0.25, 0.3) is 5.91 Å². The van der Waals surface area contributed by atoms with Gasteiger partial charge < -0.3 is 0 Å². The highest BCUT2D eigenvalue weighted by atomic mass is 16.3. The lowest BCUT2D eigenvalue weighted by molar-refractivity contribution is -0.119. The van der Waals surface area contributed by atoms with Crippen LogP contribution in [0.3, 0.4) is 0 Å². The molecule has 0 N–H and O–H groups in total. The van der Waals surface area contributed by atoms with E-state index >= 15 is 0 Å². The summed E-state index contributed by atoms with van der Waals surface area (Å²) in [5.41, 5.74) is 6.11. The van der Waals surface area contributed by atoms with Gasteiger partial charge in [0.2, 0.25) is 0 Å². The number of hydrogen-bond donors (Lipinski definition) is 0. The van der Waals surface area contributed by atoms with Crippen molar-refractivity contribution in [2.24, 2.45) is 11.1 Å². The van der Waals surface area contributed by atoms with Gasteiger partial charge in [-0.1, -0.05) is 30.3 Å². The number of amides is 1. The predicted octanol–water partition coefficient (Wildman–Crippen LogP) is 5.99. The first-order valence-electron chi connectivity index (χ1n) is 11.6. The van der Waals surface area contributed by atoms with E-state index in [0.29, 0.717) is 5.56 Å². The van der Waals surface area contributed by atoms with Gasteiger partial charge in [-0.05, 0) is 73.4 Å². The van der Waals surface area contributed by atoms with E-state index in [1.165, 1.54) is 16.3 Å². The molecule has 0 aliphatic heterocycles. The Morgan fingerprint density at radius 2 is 1.94 bits per heavy atom. The Kier molecular flexibility index (Phi) is 5.66. The molecule has 170 valence electrons. The fraction of sp³-hybridized carbons (Fsp3) is 0.333. The second-order valence-corrected chi connectivity index (χ2v) is 9.28. The van der Waals surface area contributed by atoms with Crippen LogP contribution in [0, 0.1) is 36.0 Å². The van der Waals surface area contributed by atoms with Crippen LogP contribution in [0.5, 0.6) is 0 Å². The lowest BCUT2D eigenvalue weighted by Gasteiger charge is -2.28. The van der Waals surface area contributed by atoms with Gasteiger partial charge in [-0.15, -0.1) is 4.91 Å². The molecular formula is C27H25N5O2. The number of carbonyl (C=O) groups excluding carboxylic acids is 1. The van der Waals surface area contributed by atoms with Gasteiger partial charge in [-0.2, -0.15) is 10.4 Å². The van der Waals surface area contributed by atoms with Gasteiger partial charge in [0.1, 0.15) is 6.07 Å². The van der Waals surface area contributed by atoms with E-state index in [0.717, 1.165) is 53.8 Å². The van der Waals surface area contributed by atoms with Crippen molar-refractivity contribution < 1.29 is 4.79 Å². The molecular weight excluding hydrogens is 426 g/mol. The minimum absolute atomic E-state index is 0.134. The standard InChI is InChI=1S/C27H25N5O2/c1-16-11-21(13-20-5-3-4-6-22(16)20)24-15-29-32-17(2)23(14-28)26(30-27(24)32)19-9-7-18(8-10-19)12-25(33)31-34/h3-6,11,13,15,18-19H,7-10,12H2,1-2H3. The Balaban J connectivity index is 1.56. The molecule has 0 atom stereocenters. The molecule has 2 heterocycles. The first-order valence-corrected chi connectivity index (χ1v) is 11.6. The topological polar surface area (TPSA) is 100 Å². The Morgan fingerprint density at radius 1 is 1.18 bits per heavy atom. The average molecular weight is 452 g/mol. The molecule has 0 bridgehead atoms. The number of aromatic nitrogens is 3. The number of hydrogen-bond acceptors (Lipinski definition) is 5. The second-order valence-electron chi connectivity index (χ2n) is 9.28. The molecule has 1 aliphatic carbocycles. The number of rotatable bonds is 4. The lowest BCUT2D eigenvalue weighted by Crippen LogP contribution is -2.18. The van der Waals surface area contributed by atoms with Crippen LogP contribution in [0.15, 0.2) is 47.8 Å². The summed E-state index contributed by atoms with van der Waals surface area (Å²) in [5, 5.41) is 19.5. The Hall–Kier alpha value is -3.92. The number of fused-ring (bicyclic) bond motifs is 2. The summed E-state index contributed by atoms with van der Waals surface area (Å²) in [7, 11) is 0. The number of benzene rings is 2. The van der Waals surface area contributed by atoms with Crippen LogP contribution < -0.4 is 0 Å². The monoisotopic (exact) mass is 451 g/mol. The number of aryl methyl sites for hydroxylation is 2. The largest absolute Gasteiger partial charge is 0.286 e. The molecule has 2 aromatic heterocycles. The molecule has 7 heteroatoms. The summed E-state index contributed by atoms with van der Waals surface area (Å²) in [5.74, 6) is -0.274. The molecule has 0 saturated heterocycles. The normalized spacial score (nSPS) is 18.1. The fourth-order valence-electron chi connectivity index (χ4n) is 5.38. The van der Waals surface area contributed by atoms with Crippen molar-refractivity contribution >= 4 is 22.3 Å². The molecule has 0 spiro atoms. The van der Waals surface area contributed by atoms with E-state index in [9.17, 15) is 15.0 Å². The summed E-state index contributed by atoms with van der Waals surface area (Å²) < 4.78 is 1.77. The maximum atomic E-state index is 11.4. The number of nitroso groups, excluding NO2 is 1. The summed E-state index contributed by atoms with van der Waals surface area (Å²) in [4.78, 5) is 26.9. The number of nitrogens with zero attached hydrogens (tertiary/aromatic N) is 5. The zero-order valence-electron chi connectivity index (χ0n) is 19.3. The molecule has 1 saturated carbocycles. The molecule has 34 heavy (non-hydrogen) atoms. The molecule has 0 radical (unpaired) electrons. The second kappa shape index (κ2) is 8.79. The smallest absolute Gasteiger partial charge is 0.269 e. The van der Waals surface area contributed by atoms with Crippen molar-refractivity contribution in [1.29, 1.82) is 5.26 Å². The molecule has 0 unspecified atom stereocenters. The highest BCUT2D eigenvalue weighted by Gasteiger charge is 2.29. The van der Waals surface area contributed by atoms with Crippen LogP contribution in [0.1, 0.15) is 60.5 Å². The van der Waals surface area contributed by atoms with Gasteiger partial charge in [-0.25, -0.2) is 9.50 Å². The van der Waals surface area contributed by atoms with Gasteiger partial charge in [0, 0.05) is 23.1 Å². The SMILES string of the molecule is Cc1cc(-c2cnn3c(C)c(C#N)c(C4CCC(CC(=O)N=O)CC4)nc23)cc2ccccc12. The van der Waals surface area contributed by atoms with Crippen LogP contribution >= 0.6 is 0 Å². The summed E-state index contributed by atoms with van der Waals surface area (Å²) in [6, 6.07) is 15.0. The van der Waals surface area contributed by atoms with E-state index < -0.39 is 5.91 Å². The number of carbonyl (C=O) groups is 1. The van der Waals surface area contributed by atoms with Crippen molar-refractivity contribution in [2.75, 3.05) is 0 Å². The van der Waals surface area contributed by atoms with Gasteiger partial charge >= 0.3 is 0 Å². The van der Waals surface area contributed by atoms with E-state index in [-0.39, 0.29) is 18.3 Å². The Bertz CT molecular complexity index is 1470. The summed E-state index contributed by atoms with van der Waals surface area (Å²) >= 11 is 0. The third-order valence-electron chi connectivity index (χ3n) is 7.20. The highest BCUT2D eigenvalue weighted by Crippen LogP contribution is 2.39. The van der Waals surface area contributed by atoms with Gasteiger partial charge in [-0.3, -0.25) is 4.79 Å². The fourth-order valence-corrected chi connectivity index (χ4v) is 5.38. The van der Waals surface area contributed by atoms with Crippen LogP contribution in [-0.2, 0) is 4.79 Å². The van der Waals surface area contributed by atoms with Crippen molar-refractivity contribution in [1.82, 2.24) is 14.6 Å². The zero-order chi connectivity index (χ0) is 23.8. The van der Waals surface area contributed by atoms with Crippen molar-refractivity contribution in [3.05, 3.63) is 70.0 Å². The van der Waals surface area contributed by atoms with Crippen LogP contribution in [-0.4, -0.2) is 20.5 Å². The van der Waals surface area contributed by atoms with E-state index in [4.69, 9.17) is 4.98 Å². The first-order chi connectivity index (χ1) is 16.5. The molecule has 1 fully saturated rings. The molecule has 4 aromatic rings. The molecule has 7 nitrogen and oxygen atoms in total. The lowest BCUT2D eigenvalue weighted by atomic mass is 9.78. The maximum Gasteiger partial charge on any atom is 0.286 e. The van der Waals surface area contributed by atoms with Crippen molar-refractivity contribution in [2.45, 2.75) is 51.9 Å². The third-order valence-corrected chi connectivity index (χ3v) is 7.20. The van der Waals surface area contributed by atoms with Crippen LogP contribution in [0.4, 0.5) is 0 Å². The van der Waals surface area contributed by atoms with Crippen LogP contribution in [0.2, 0.25) is 0 Å². The maximum absolute atomic E-state index is 11.4. The number of nitriles is 1. The molecule has 1 amide bonds. The molecule has 2 aromatic carbocycles. The summed E-state index contributed by atoms with van der Waals surface area (Å²) in [6.07, 6.45) is 5.33. The summed E-state index contributed by atoms with van der Waals surface area (Å²) in [6.45, 7) is 4.03. The zero-order valence-corrected chi connectivity index (χ0v) is 19.3. The first kappa shape index (κ1) is 21.9. The van der Waals surface area contributed by atoms with E-state index in [1.54, 1.807) is 4.52 Å². The van der Waals surface area contributed by atoms with Crippen LogP contribution in [0.25, 0.3) is 27.5 Å². The molecule has 5 rings (SSSR count). The third kappa shape index (κ3) is 3.75. The quantitative estimate of drug-likeness (QED) is 0.355. The van der Waals surface area contributed by atoms with Crippen molar-refractivity contribution in [3.63, 3.8) is 0 Å². The molecule has 1 aliphatic rings. The van der Waals surface area contributed by atoms with Crippen molar-refractivity contribution in [3.8, 4) is 17.2 Å². The van der Waals surface area contributed by atoms with E-state index in [1.807, 2.05) is 25.3 Å². The Morgan fingerprint density at radius 3 is 2.68 bits per heavy atom. The van der Waals surface area contributed by atoms with Gasteiger partial charge in [0.15, 0.2) is 5.65 Å². The minimum atomic E-state index is -0.578. The average Bonchev–Trinajstić information content (AvgIpc) is 3.29.